The molecule has 122 valence electrons. The molecule has 0 aromatic carbocycles. The zero-order valence-electron chi connectivity index (χ0n) is 13.8. The fourth-order valence-electron chi connectivity index (χ4n) is 2.78. The molecular formula is C17H35FS2. The van der Waals surface area contributed by atoms with Crippen LogP contribution in [0.1, 0.15) is 84.5 Å². The van der Waals surface area contributed by atoms with Crippen LogP contribution in [-0.4, -0.2) is 18.2 Å². The first-order valence-corrected chi connectivity index (χ1v) is 11.2. The van der Waals surface area contributed by atoms with Crippen LogP contribution in [0.3, 0.4) is 0 Å². The van der Waals surface area contributed by atoms with Crippen LogP contribution in [0, 0.1) is 5.92 Å². The molecule has 0 aromatic rings. The Labute approximate surface area is 134 Å². The maximum Gasteiger partial charge on any atom is 0.0905 e. The third kappa shape index (κ3) is 11.3. The highest BCUT2D eigenvalue weighted by atomic mass is 33.1. The van der Waals surface area contributed by atoms with E-state index in [1.807, 2.05) is 21.6 Å². The molecule has 0 aliphatic heterocycles. The van der Waals surface area contributed by atoms with E-state index in [-0.39, 0.29) is 6.67 Å². The summed E-state index contributed by atoms with van der Waals surface area (Å²) in [5.74, 6) is 0.733. The van der Waals surface area contributed by atoms with Crippen molar-refractivity contribution in [2.45, 2.75) is 89.7 Å². The van der Waals surface area contributed by atoms with Crippen molar-refractivity contribution in [2.75, 3.05) is 12.9 Å². The Morgan fingerprint density at radius 3 is 1.75 bits per heavy atom. The van der Waals surface area contributed by atoms with Crippen LogP contribution in [-0.2, 0) is 0 Å². The van der Waals surface area contributed by atoms with E-state index in [1.54, 1.807) is 0 Å². The van der Waals surface area contributed by atoms with Crippen molar-refractivity contribution in [1.82, 2.24) is 0 Å². The van der Waals surface area contributed by atoms with Crippen LogP contribution in [0.25, 0.3) is 0 Å². The van der Waals surface area contributed by atoms with Gasteiger partial charge in [-0.15, -0.1) is 0 Å². The quantitative estimate of drug-likeness (QED) is 0.229. The van der Waals surface area contributed by atoms with Crippen molar-refractivity contribution >= 4 is 21.6 Å². The summed E-state index contributed by atoms with van der Waals surface area (Å²) in [6.45, 7) is 4.37. The van der Waals surface area contributed by atoms with Gasteiger partial charge < -0.3 is 0 Å². The van der Waals surface area contributed by atoms with E-state index in [2.05, 4.69) is 20.1 Å². The number of hydrogen-bond donors (Lipinski definition) is 0. The lowest BCUT2D eigenvalue weighted by Gasteiger charge is -2.25. The normalized spacial score (nSPS) is 13.1. The molecule has 0 unspecified atom stereocenters. The first-order valence-electron chi connectivity index (χ1n) is 8.55. The first-order chi connectivity index (χ1) is 9.79. The highest BCUT2D eigenvalue weighted by molar-refractivity contribution is 8.76. The molecule has 0 radical (unpaired) electrons. The van der Waals surface area contributed by atoms with E-state index in [9.17, 15) is 4.39 Å². The van der Waals surface area contributed by atoms with Gasteiger partial charge in [-0.1, -0.05) is 86.8 Å². The molecule has 0 saturated carbocycles. The minimum absolute atomic E-state index is 0.154. The SMILES string of the molecule is CCCCCCC(CCCCCC)[C@@H](CCF)SSC. The smallest absolute Gasteiger partial charge is 0.0905 e. The molecule has 20 heavy (non-hydrogen) atoms. The maximum atomic E-state index is 12.8. The van der Waals surface area contributed by atoms with E-state index < -0.39 is 0 Å². The lowest BCUT2D eigenvalue weighted by Crippen LogP contribution is -2.18. The van der Waals surface area contributed by atoms with E-state index in [4.69, 9.17) is 0 Å². The van der Waals surface area contributed by atoms with Gasteiger partial charge in [0.25, 0.3) is 0 Å². The Bertz CT molecular complexity index is 170. The second-order valence-corrected chi connectivity index (χ2v) is 8.45. The van der Waals surface area contributed by atoms with E-state index in [1.165, 1.54) is 64.2 Å². The fourth-order valence-corrected chi connectivity index (χ4v) is 5.14. The molecule has 0 aromatic heterocycles. The van der Waals surface area contributed by atoms with Gasteiger partial charge in [0.2, 0.25) is 0 Å². The first kappa shape index (κ1) is 20.6. The molecule has 0 spiro atoms. The minimum atomic E-state index is -0.154. The van der Waals surface area contributed by atoms with Crippen LogP contribution in [0.4, 0.5) is 4.39 Å². The second kappa shape index (κ2) is 16.0. The van der Waals surface area contributed by atoms with Crippen LogP contribution < -0.4 is 0 Å². The van der Waals surface area contributed by atoms with Gasteiger partial charge in [0.1, 0.15) is 0 Å². The molecule has 0 nitrogen and oxygen atoms in total. The predicted molar refractivity (Wildman–Crippen MR) is 96.5 cm³/mol. The molecule has 0 aliphatic rings. The molecule has 3 heteroatoms. The molecule has 1 atom stereocenters. The standard InChI is InChI=1S/C17H35FS2/c1-4-6-8-10-12-16(13-11-9-7-5-2)17(14-15-18)20-19-3/h16-17H,4-15H2,1-3H3/t17-/m1/s1. The molecule has 0 rings (SSSR count). The summed E-state index contributed by atoms with van der Waals surface area (Å²) in [4.78, 5) is 0. The van der Waals surface area contributed by atoms with Crippen LogP contribution in [0.15, 0.2) is 0 Å². The maximum absolute atomic E-state index is 12.8. The van der Waals surface area contributed by atoms with E-state index >= 15 is 0 Å². The molecule has 0 heterocycles. The number of halogens is 1. The number of rotatable bonds is 15. The Morgan fingerprint density at radius 1 is 0.800 bits per heavy atom. The van der Waals surface area contributed by atoms with Crippen molar-refractivity contribution in [3.63, 3.8) is 0 Å². The summed E-state index contributed by atoms with van der Waals surface area (Å²) in [5.41, 5.74) is 0. The fraction of sp³-hybridized carbons (Fsp3) is 1.00. The van der Waals surface area contributed by atoms with Crippen LogP contribution in [0.5, 0.6) is 0 Å². The zero-order chi connectivity index (χ0) is 15.1. The molecule has 0 amide bonds. The van der Waals surface area contributed by atoms with Gasteiger partial charge in [-0.3, -0.25) is 4.39 Å². The van der Waals surface area contributed by atoms with Gasteiger partial charge in [-0.2, -0.15) is 0 Å². The molecule has 0 saturated heterocycles. The number of hydrogen-bond acceptors (Lipinski definition) is 2. The summed E-state index contributed by atoms with van der Waals surface area (Å²) in [6.07, 6.45) is 16.2. The summed E-state index contributed by atoms with van der Waals surface area (Å²) in [5, 5.41) is 0.526. The highest BCUT2D eigenvalue weighted by Crippen LogP contribution is 2.36. The van der Waals surface area contributed by atoms with Crippen molar-refractivity contribution in [2.24, 2.45) is 5.92 Å². The summed E-state index contributed by atoms with van der Waals surface area (Å²) in [6, 6.07) is 0. The Hall–Kier alpha value is 0.630. The van der Waals surface area contributed by atoms with Crippen molar-refractivity contribution in [1.29, 1.82) is 0 Å². The summed E-state index contributed by atoms with van der Waals surface area (Å²) >= 11 is 0. The third-order valence-electron chi connectivity index (χ3n) is 4.00. The molecule has 0 N–H and O–H groups in total. The highest BCUT2D eigenvalue weighted by Gasteiger charge is 2.21. The lowest BCUT2D eigenvalue weighted by atomic mass is 9.90. The average molecular weight is 323 g/mol. The zero-order valence-corrected chi connectivity index (χ0v) is 15.5. The Kier molecular flexibility index (Phi) is 16.5. The second-order valence-electron chi connectivity index (χ2n) is 5.74. The topological polar surface area (TPSA) is 0 Å². The summed E-state index contributed by atoms with van der Waals surface area (Å²) < 4.78 is 12.8. The van der Waals surface area contributed by atoms with Crippen molar-refractivity contribution in [3.05, 3.63) is 0 Å². The number of alkyl halides is 1. The van der Waals surface area contributed by atoms with Gasteiger partial charge in [0, 0.05) is 5.25 Å². The lowest BCUT2D eigenvalue weighted by molar-refractivity contribution is 0.359. The van der Waals surface area contributed by atoms with Crippen molar-refractivity contribution in [3.8, 4) is 0 Å². The monoisotopic (exact) mass is 322 g/mol. The Balaban J connectivity index is 4.17. The molecule has 0 aliphatic carbocycles. The Morgan fingerprint density at radius 2 is 1.35 bits per heavy atom. The largest absolute Gasteiger partial charge is 0.251 e. The van der Waals surface area contributed by atoms with Gasteiger partial charge >= 0.3 is 0 Å². The molecule has 0 bridgehead atoms. The molecule has 0 fully saturated rings. The van der Waals surface area contributed by atoms with Gasteiger partial charge in [-0.05, 0) is 31.4 Å². The predicted octanol–water partition coefficient (Wildman–Crippen LogP) is 7.28. The minimum Gasteiger partial charge on any atom is -0.251 e. The van der Waals surface area contributed by atoms with Crippen molar-refractivity contribution < 1.29 is 4.39 Å². The summed E-state index contributed by atoms with van der Waals surface area (Å²) in [7, 11) is 3.73. The van der Waals surface area contributed by atoms with E-state index in [0.29, 0.717) is 5.25 Å². The van der Waals surface area contributed by atoms with Gasteiger partial charge in [-0.25, -0.2) is 0 Å². The van der Waals surface area contributed by atoms with Gasteiger partial charge in [0.05, 0.1) is 6.67 Å². The number of unbranched alkanes of at least 4 members (excludes halogenated alkanes) is 6. The molecular weight excluding hydrogens is 287 g/mol. The third-order valence-corrected chi connectivity index (χ3v) is 6.38. The van der Waals surface area contributed by atoms with Gasteiger partial charge in [0.15, 0.2) is 0 Å². The average Bonchev–Trinajstić information content (AvgIpc) is 2.45. The van der Waals surface area contributed by atoms with Crippen LogP contribution in [0.2, 0.25) is 0 Å². The van der Waals surface area contributed by atoms with Crippen LogP contribution >= 0.6 is 21.6 Å². The van der Waals surface area contributed by atoms with E-state index in [0.717, 1.165) is 12.3 Å².